The van der Waals surface area contributed by atoms with E-state index in [1.807, 2.05) is 22.9 Å². The van der Waals surface area contributed by atoms with Gasteiger partial charge in [-0.2, -0.15) is 0 Å². The van der Waals surface area contributed by atoms with E-state index in [4.69, 9.17) is 5.11 Å². The van der Waals surface area contributed by atoms with Crippen LogP contribution in [0.3, 0.4) is 0 Å². The van der Waals surface area contributed by atoms with Crippen molar-refractivity contribution < 1.29 is 9.90 Å². The molecule has 1 unspecified atom stereocenters. The van der Waals surface area contributed by atoms with E-state index in [0.29, 0.717) is 0 Å². The molecule has 0 aromatic carbocycles. The molecule has 1 N–H and O–H groups in total. The molecule has 1 atom stereocenters. The third kappa shape index (κ3) is 0.843. The zero-order chi connectivity index (χ0) is 7.84. The van der Waals surface area contributed by atoms with Gasteiger partial charge in [-0.15, -0.1) is 0 Å². The Morgan fingerprint density at radius 1 is 1.73 bits per heavy atom. The highest BCUT2D eigenvalue weighted by molar-refractivity contribution is 5.72. The molecule has 0 saturated heterocycles. The van der Waals surface area contributed by atoms with Gasteiger partial charge in [-0.25, -0.2) is 4.79 Å². The molecule has 58 valence electrons. The molecule has 0 fully saturated rings. The van der Waals surface area contributed by atoms with Crippen LogP contribution >= 0.6 is 0 Å². The Morgan fingerprint density at radius 3 is 3.27 bits per heavy atom. The fourth-order valence-electron chi connectivity index (χ4n) is 1.61. The first-order chi connectivity index (χ1) is 5.29. The zero-order valence-electron chi connectivity index (χ0n) is 6.03. The van der Waals surface area contributed by atoms with Crippen LogP contribution in [0.15, 0.2) is 18.3 Å². The van der Waals surface area contributed by atoms with Crippen LogP contribution in [-0.4, -0.2) is 15.6 Å². The van der Waals surface area contributed by atoms with E-state index in [9.17, 15) is 4.79 Å². The summed E-state index contributed by atoms with van der Waals surface area (Å²) < 4.78 is 1.84. The van der Waals surface area contributed by atoms with Crippen molar-refractivity contribution in [2.75, 3.05) is 0 Å². The molecule has 0 bridgehead atoms. The maximum Gasteiger partial charge on any atom is 0.326 e. The second-order valence-electron chi connectivity index (χ2n) is 2.80. The zero-order valence-corrected chi connectivity index (χ0v) is 6.03. The van der Waals surface area contributed by atoms with Crippen LogP contribution in [0.25, 0.3) is 0 Å². The second-order valence-corrected chi connectivity index (χ2v) is 2.80. The Bertz CT molecular complexity index is 290. The van der Waals surface area contributed by atoms with Gasteiger partial charge in [-0.1, -0.05) is 0 Å². The summed E-state index contributed by atoms with van der Waals surface area (Å²) in [6.45, 7) is 0. The third-order valence-electron chi connectivity index (χ3n) is 2.16. The number of carbonyl (C=O) groups is 1. The molecule has 3 nitrogen and oxygen atoms in total. The van der Waals surface area contributed by atoms with Crippen LogP contribution in [0.1, 0.15) is 18.2 Å². The molecule has 1 aromatic rings. The first kappa shape index (κ1) is 6.46. The molecule has 1 aliphatic rings. The standard InChI is InChI=1S/C8H9NO2/c10-8(11)7-4-3-6-2-1-5-9(6)7/h1-2,5,7H,3-4H2,(H,10,11). The van der Waals surface area contributed by atoms with Gasteiger partial charge in [-0.3, -0.25) is 0 Å². The lowest BCUT2D eigenvalue weighted by Gasteiger charge is -2.05. The summed E-state index contributed by atoms with van der Waals surface area (Å²) >= 11 is 0. The number of hydrogen-bond acceptors (Lipinski definition) is 1. The summed E-state index contributed by atoms with van der Waals surface area (Å²) in [5.41, 5.74) is 1.14. The first-order valence-electron chi connectivity index (χ1n) is 3.67. The Balaban J connectivity index is 2.38. The topological polar surface area (TPSA) is 42.2 Å². The number of aliphatic carboxylic acids is 1. The van der Waals surface area contributed by atoms with Crippen molar-refractivity contribution in [2.45, 2.75) is 18.9 Å². The largest absolute Gasteiger partial charge is 0.480 e. The van der Waals surface area contributed by atoms with Gasteiger partial charge in [-0.05, 0) is 25.0 Å². The van der Waals surface area contributed by atoms with Gasteiger partial charge >= 0.3 is 5.97 Å². The SMILES string of the molecule is O=C(O)C1CCc2cccn21. The molecular weight excluding hydrogens is 142 g/mol. The van der Waals surface area contributed by atoms with E-state index >= 15 is 0 Å². The van der Waals surface area contributed by atoms with Crippen molar-refractivity contribution in [3.8, 4) is 0 Å². The molecule has 0 saturated carbocycles. The summed E-state index contributed by atoms with van der Waals surface area (Å²) in [4.78, 5) is 10.6. The third-order valence-corrected chi connectivity index (χ3v) is 2.16. The van der Waals surface area contributed by atoms with Crippen LogP contribution < -0.4 is 0 Å². The Labute approximate surface area is 64.3 Å². The average Bonchev–Trinajstić information content (AvgIpc) is 2.41. The summed E-state index contributed by atoms with van der Waals surface area (Å²) in [7, 11) is 0. The lowest BCUT2D eigenvalue weighted by Crippen LogP contribution is -2.13. The number of rotatable bonds is 1. The predicted molar refractivity (Wildman–Crippen MR) is 39.4 cm³/mol. The van der Waals surface area contributed by atoms with Crippen molar-refractivity contribution in [3.05, 3.63) is 24.0 Å². The fraction of sp³-hybridized carbons (Fsp3) is 0.375. The van der Waals surface area contributed by atoms with Crippen molar-refractivity contribution in [1.82, 2.24) is 4.57 Å². The van der Waals surface area contributed by atoms with Crippen molar-refractivity contribution in [1.29, 1.82) is 0 Å². The first-order valence-corrected chi connectivity index (χ1v) is 3.67. The molecule has 2 rings (SSSR count). The molecule has 1 aliphatic heterocycles. The van der Waals surface area contributed by atoms with E-state index in [1.54, 1.807) is 0 Å². The minimum Gasteiger partial charge on any atom is -0.480 e. The van der Waals surface area contributed by atoms with E-state index < -0.39 is 5.97 Å². The van der Waals surface area contributed by atoms with Crippen molar-refractivity contribution in [3.63, 3.8) is 0 Å². The second kappa shape index (κ2) is 2.12. The highest BCUT2D eigenvalue weighted by Crippen LogP contribution is 2.25. The van der Waals surface area contributed by atoms with Crippen LogP contribution in [0, 0.1) is 0 Å². The van der Waals surface area contributed by atoms with Gasteiger partial charge in [0.05, 0.1) is 0 Å². The van der Waals surface area contributed by atoms with Gasteiger partial charge in [0.25, 0.3) is 0 Å². The highest BCUT2D eigenvalue weighted by atomic mass is 16.4. The summed E-state index contributed by atoms with van der Waals surface area (Å²) in [5, 5.41) is 8.76. The number of nitrogens with zero attached hydrogens (tertiary/aromatic N) is 1. The van der Waals surface area contributed by atoms with Crippen molar-refractivity contribution in [2.24, 2.45) is 0 Å². The highest BCUT2D eigenvalue weighted by Gasteiger charge is 2.26. The van der Waals surface area contributed by atoms with Gasteiger partial charge in [0.1, 0.15) is 6.04 Å². The Morgan fingerprint density at radius 2 is 2.55 bits per heavy atom. The Kier molecular flexibility index (Phi) is 1.24. The van der Waals surface area contributed by atoms with Crippen LogP contribution in [0.2, 0.25) is 0 Å². The minimum absolute atomic E-state index is 0.319. The summed E-state index contributed by atoms with van der Waals surface area (Å²) in [6, 6.07) is 3.55. The molecule has 3 heteroatoms. The summed E-state index contributed by atoms with van der Waals surface area (Å²) in [6.07, 6.45) is 3.47. The lowest BCUT2D eigenvalue weighted by atomic mass is 10.2. The minimum atomic E-state index is -0.722. The monoisotopic (exact) mass is 151 g/mol. The molecule has 0 spiro atoms. The van der Waals surface area contributed by atoms with Gasteiger partial charge in [0.15, 0.2) is 0 Å². The smallest absolute Gasteiger partial charge is 0.326 e. The molecule has 11 heavy (non-hydrogen) atoms. The van der Waals surface area contributed by atoms with E-state index in [-0.39, 0.29) is 6.04 Å². The predicted octanol–water partition coefficient (Wildman–Crippen LogP) is 1.06. The number of aryl methyl sites for hydroxylation is 1. The quantitative estimate of drug-likeness (QED) is 0.652. The summed E-state index contributed by atoms with van der Waals surface area (Å²) in [5.74, 6) is -0.722. The number of carboxylic acids is 1. The van der Waals surface area contributed by atoms with Gasteiger partial charge in [0.2, 0.25) is 0 Å². The number of carboxylic acid groups (broad SMARTS) is 1. The molecule has 0 amide bonds. The van der Waals surface area contributed by atoms with E-state index in [1.165, 1.54) is 0 Å². The average molecular weight is 151 g/mol. The molecule has 2 heterocycles. The maximum absolute atomic E-state index is 10.6. The Hall–Kier alpha value is -1.25. The van der Waals surface area contributed by atoms with Crippen molar-refractivity contribution >= 4 is 5.97 Å². The van der Waals surface area contributed by atoms with Gasteiger partial charge in [0, 0.05) is 11.9 Å². The van der Waals surface area contributed by atoms with Crippen LogP contribution in [-0.2, 0) is 11.2 Å². The van der Waals surface area contributed by atoms with Crippen LogP contribution in [0.4, 0.5) is 0 Å². The molecule has 0 aliphatic carbocycles. The number of aromatic nitrogens is 1. The number of hydrogen-bond donors (Lipinski definition) is 1. The fourth-order valence-corrected chi connectivity index (χ4v) is 1.61. The molecular formula is C8H9NO2. The molecule has 1 aromatic heterocycles. The normalized spacial score (nSPS) is 21.6. The van der Waals surface area contributed by atoms with Crippen LogP contribution in [0.5, 0.6) is 0 Å². The molecule has 0 radical (unpaired) electrons. The van der Waals surface area contributed by atoms with E-state index in [2.05, 4.69) is 0 Å². The van der Waals surface area contributed by atoms with Gasteiger partial charge < -0.3 is 9.67 Å². The lowest BCUT2D eigenvalue weighted by molar-refractivity contribution is -0.140. The number of fused-ring (bicyclic) bond motifs is 1. The van der Waals surface area contributed by atoms with E-state index in [0.717, 1.165) is 18.5 Å². The maximum atomic E-state index is 10.6.